The van der Waals surface area contributed by atoms with Crippen molar-refractivity contribution in [1.82, 2.24) is 4.90 Å². The fourth-order valence-corrected chi connectivity index (χ4v) is 2.73. The van der Waals surface area contributed by atoms with Gasteiger partial charge in [-0.15, -0.1) is 0 Å². The third-order valence-electron chi connectivity index (χ3n) is 4.06. The number of methoxy groups -OCH3 is 3. The van der Waals surface area contributed by atoms with Crippen LogP contribution in [-0.4, -0.2) is 51.3 Å². The number of rotatable bonds is 7. The van der Waals surface area contributed by atoms with Crippen LogP contribution in [0.15, 0.2) is 41.1 Å². The van der Waals surface area contributed by atoms with Crippen molar-refractivity contribution in [2.75, 3.05) is 34.5 Å². The van der Waals surface area contributed by atoms with Gasteiger partial charge >= 0.3 is 5.97 Å². The Morgan fingerprint density at radius 1 is 1.16 bits per heavy atom. The maximum absolute atomic E-state index is 12.8. The molecule has 0 bridgehead atoms. The van der Waals surface area contributed by atoms with Crippen LogP contribution in [0.4, 0.5) is 0 Å². The first-order valence-corrected chi connectivity index (χ1v) is 7.99. The summed E-state index contributed by atoms with van der Waals surface area (Å²) in [6, 6.07) is 7.26. The van der Waals surface area contributed by atoms with Crippen LogP contribution in [0.2, 0.25) is 0 Å². The molecular weight excluding hydrogens is 322 g/mol. The largest absolute Gasteiger partial charge is 0.497 e. The molecule has 1 aromatic rings. The van der Waals surface area contributed by atoms with Gasteiger partial charge in [-0.2, -0.15) is 0 Å². The summed E-state index contributed by atoms with van der Waals surface area (Å²) in [6.07, 6.45) is 2.39. The first kappa shape index (κ1) is 18.7. The predicted octanol–water partition coefficient (Wildman–Crippen LogP) is 2.40. The van der Waals surface area contributed by atoms with E-state index in [1.54, 1.807) is 44.3 Å². The van der Waals surface area contributed by atoms with Crippen molar-refractivity contribution in [3.8, 4) is 5.75 Å². The molecule has 0 fully saturated rings. The summed E-state index contributed by atoms with van der Waals surface area (Å²) in [5, 5.41) is 0. The Bertz CT molecular complexity index is 703. The van der Waals surface area contributed by atoms with Crippen molar-refractivity contribution in [2.45, 2.75) is 13.3 Å². The van der Waals surface area contributed by atoms with Crippen LogP contribution in [-0.2, 0) is 19.1 Å². The second-order valence-electron chi connectivity index (χ2n) is 5.59. The molecule has 6 heteroatoms. The maximum atomic E-state index is 12.8. The fraction of sp³-hybridized carbons (Fsp3) is 0.368. The van der Waals surface area contributed by atoms with E-state index in [-0.39, 0.29) is 5.91 Å². The highest BCUT2D eigenvalue weighted by molar-refractivity contribution is 6.16. The molecule has 1 aliphatic heterocycles. The Kier molecular flexibility index (Phi) is 6.36. The molecule has 0 saturated carbocycles. The van der Waals surface area contributed by atoms with E-state index in [1.807, 2.05) is 12.1 Å². The van der Waals surface area contributed by atoms with Crippen molar-refractivity contribution in [2.24, 2.45) is 0 Å². The number of carbonyl (C=O) groups excluding carboxylic acids is 2. The molecule has 1 aromatic carbocycles. The number of ether oxygens (including phenoxy) is 3. The zero-order chi connectivity index (χ0) is 18.4. The van der Waals surface area contributed by atoms with E-state index in [0.29, 0.717) is 36.4 Å². The van der Waals surface area contributed by atoms with Crippen LogP contribution < -0.4 is 4.74 Å². The monoisotopic (exact) mass is 345 g/mol. The summed E-state index contributed by atoms with van der Waals surface area (Å²) in [5.41, 5.74) is 2.05. The Hall–Kier alpha value is -2.60. The molecule has 6 nitrogen and oxygen atoms in total. The second kappa shape index (κ2) is 8.48. The highest BCUT2D eigenvalue weighted by atomic mass is 16.5. The Morgan fingerprint density at radius 3 is 2.40 bits per heavy atom. The molecule has 0 radical (unpaired) electrons. The quantitative estimate of drug-likeness (QED) is 0.431. The van der Waals surface area contributed by atoms with Gasteiger partial charge in [-0.1, -0.05) is 12.1 Å². The topological polar surface area (TPSA) is 65.1 Å². The number of esters is 1. The average molecular weight is 345 g/mol. The molecule has 1 heterocycles. The van der Waals surface area contributed by atoms with Crippen LogP contribution in [0.25, 0.3) is 6.08 Å². The lowest BCUT2D eigenvalue weighted by Crippen LogP contribution is -2.26. The van der Waals surface area contributed by atoms with Gasteiger partial charge in [0.25, 0.3) is 5.91 Å². The lowest BCUT2D eigenvalue weighted by molar-refractivity contribution is -0.136. The minimum absolute atomic E-state index is 0.204. The van der Waals surface area contributed by atoms with E-state index < -0.39 is 5.97 Å². The van der Waals surface area contributed by atoms with Crippen molar-refractivity contribution in [3.63, 3.8) is 0 Å². The van der Waals surface area contributed by atoms with E-state index in [1.165, 1.54) is 7.11 Å². The molecule has 1 amide bonds. The summed E-state index contributed by atoms with van der Waals surface area (Å²) >= 11 is 0. The van der Waals surface area contributed by atoms with Gasteiger partial charge in [0.2, 0.25) is 0 Å². The summed E-state index contributed by atoms with van der Waals surface area (Å²) in [4.78, 5) is 26.6. The van der Waals surface area contributed by atoms with Crippen molar-refractivity contribution >= 4 is 18.0 Å². The van der Waals surface area contributed by atoms with Crippen molar-refractivity contribution < 1.29 is 23.8 Å². The molecule has 0 spiro atoms. The zero-order valence-electron chi connectivity index (χ0n) is 15.0. The van der Waals surface area contributed by atoms with Gasteiger partial charge in [0, 0.05) is 26.0 Å². The van der Waals surface area contributed by atoms with Crippen molar-refractivity contribution in [3.05, 3.63) is 46.7 Å². The van der Waals surface area contributed by atoms with Gasteiger partial charge in [-0.05, 0) is 37.1 Å². The van der Waals surface area contributed by atoms with Crippen LogP contribution in [0, 0.1) is 0 Å². The summed E-state index contributed by atoms with van der Waals surface area (Å²) in [7, 11) is 4.52. The first-order chi connectivity index (χ1) is 12.0. The van der Waals surface area contributed by atoms with E-state index >= 15 is 0 Å². The third kappa shape index (κ3) is 4.09. The van der Waals surface area contributed by atoms with Gasteiger partial charge < -0.3 is 19.1 Å². The molecule has 0 aromatic heterocycles. The van der Waals surface area contributed by atoms with Gasteiger partial charge in [-0.25, -0.2) is 4.79 Å². The highest BCUT2D eigenvalue weighted by Gasteiger charge is 2.36. The molecule has 0 aliphatic carbocycles. The van der Waals surface area contributed by atoms with Gasteiger partial charge in [0.15, 0.2) is 0 Å². The lowest BCUT2D eigenvalue weighted by Gasteiger charge is -2.17. The first-order valence-electron chi connectivity index (χ1n) is 7.99. The van der Waals surface area contributed by atoms with E-state index in [4.69, 9.17) is 14.2 Å². The smallest absolute Gasteiger partial charge is 0.340 e. The van der Waals surface area contributed by atoms with Gasteiger partial charge in [0.1, 0.15) is 5.75 Å². The van der Waals surface area contributed by atoms with Crippen LogP contribution in [0.5, 0.6) is 5.75 Å². The average Bonchev–Trinajstić information content (AvgIpc) is 2.86. The number of allylic oxidation sites excluding steroid dienone is 1. The Balaban J connectivity index is 2.37. The summed E-state index contributed by atoms with van der Waals surface area (Å²) < 4.78 is 15.0. The van der Waals surface area contributed by atoms with E-state index in [2.05, 4.69) is 0 Å². The normalized spacial score (nSPS) is 15.9. The Labute approximate surface area is 147 Å². The van der Waals surface area contributed by atoms with Crippen molar-refractivity contribution in [1.29, 1.82) is 0 Å². The molecule has 25 heavy (non-hydrogen) atoms. The number of hydrogen-bond donors (Lipinski definition) is 0. The summed E-state index contributed by atoms with van der Waals surface area (Å²) in [6.45, 7) is 2.78. The number of benzene rings is 1. The molecule has 2 rings (SSSR count). The third-order valence-corrected chi connectivity index (χ3v) is 4.06. The molecule has 0 saturated heterocycles. The standard InChI is InChI=1S/C19H23NO5/c1-13-17(19(22)25-4)16(18(21)20(13)10-5-11-23-2)12-14-6-8-15(24-3)9-7-14/h6-9,12H,5,10-11H2,1-4H3/b16-12-. The highest BCUT2D eigenvalue weighted by Crippen LogP contribution is 2.31. The molecular formula is C19H23NO5. The summed E-state index contributed by atoms with van der Waals surface area (Å²) in [5.74, 6) is 0.00526. The van der Waals surface area contributed by atoms with E-state index in [9.17, 15) is 9.59 Å². The minimum Gasteiger partial charge on any atom is -0.497 e. The zero-order valence-corrected chi connectivity index (χ0v) is 15.0. The minimum atomic E-state index is -0.514. The Morgan fingerprint density at radius 2 is 1.84 bits per heavy atom. The van der Waals surface area contributed by atoms with Crippen LogP contribution >= 0.6 is 0 Å². The molecule has 0 N–H and O–H groups in total. The van der Waals surface area contributed by atoms with Gasteiger partial charge in [-0.3, -0.25) is 4.79 Å². The van der Waals surface area contributed by atoms with Gasteiger partial charge in [0.05, 0.1) is 25.4 Å². The van der Waals surface area contributed by atoms with Crippen LogP contribution in [0.3, 0.4) is 0 Å². The number of carbonyl (C=O) groups is 2. The maximum Gasteiger partial charge on any atom is 0.340 e. The lowest BCUT2D eigenvalue weighted by atomic mass is 10.0. The molecule has 134 valence electrons. The SMILES string of the molecule is COCCCN1C(=O)/C(=C\c2ccc(OC)cc2)C(C(=O)OC)=C1C. The fourth-order valence-electron chi connectivity index (χ4n) is 2.73. The number of nitrogens with zero attached hydrogens (tertiary/aromatic N) is 1. The molecule has 0 atom stereocenters. The van der Waals surface area contributed by atoms with Crippen LogP contribution in [0.1, 0.15) is 18.9 Å². The molecule has 1 aliphatic rings. The molecule has 0 unspecified atom stereocenters. The number of amides is 1. The predicted molar refractivity (Wildman–Crippen MR) is 93.9 cm³/mol. The number of hydrogen-bond acceptors (Lipinski definition) is 5. The second-order valence-corrected chi connectivity index (χ2v) is 5.59. The van der Waals surface area contributed by atoms with E-state index in [0.717, 1.165) is 11.3 Å².